The summed E-state index contributed by atoms with van der Waals surface area (Å²) in [5.74, 6) is 0.0187. The average Bonchev–Trinajstić information content (AvgIpc) is 2.68. The number of piperazine rings is 1. The number of amides is 1. The molecule has 0 aromatic carbocycles. The zero-order chi connectivity index (χ0) is 11.7. The first-order chi connectivity index (χ1) is 7.59. The van der Waals surface area contributed by atoms with E-state index in [1.165, 1.54) is 0 Å². The first-order valence-electron chi connectivity index (χ1n) is 5.66. The molecule has 5 heteroatoms. The third-order valence-electron chi connectivity index (χ3n) is 3.22. The van der Waals surface area contributed by atoms with E-state index < -0.39 is 0 Å². The lowest BCUT2D eigenvalue weighted by Gasteiger charge is -2.38. The molecule has 1 saturated heterocycles. The van der Waals surface area contributed by atoms with Gasteiger partial charge in [-0.15, -0.1) is 0 Å². The van der Waals surface area contributed by atoms with Crippen molar-refractivity contribution in [2.75, 3.05) is 13.1 Å². The lowest BCUT2D eigenvalue weighted by molar-refractivity contribution is 0.0597. The van der Waals surface area contributed by atoms with E-state index in [0.717, 1.165) is 18.8 Å². The van der Waals surface area contributed by atoms with Crippen LogP contribution < -0.4 is 5.32 Å². The number of rotatable bonds is 1. The van der Waals surface area contributed by atoms with Crippen molar-refractivity contribution < 1.29 is 4.79 Å². The van der Waals surface area contributed by atoms with Crippen molar-refractivity contribution in [3.63, 3.8) is 0 Å². The number of aryl methyl sites for hydroxylation is 1. The molecule has 0 spiro atoms. The summed E-state index contributed by atoms with van der Waals surface area (Å²) in [6, 6.07) is 2.33. The van der Waals surface area contributed by atoms with Crippen molar-refractivity contribution in [3.05, 3.63) is 17.5 Å². The Kier molecular flexibility index (Phi) is 2.96. The fraction of sp³-hybridized carbons (Fsp3) is 0.636. The van der Waals surface area contributed by atoms with E-state index in [0.29, 0.717) is 11.7 Å². The number of aromatic amines is 1. The Morgan fingerprint density at radius 2 is 2.31 bits per heavy atom. The van der Waals surface area contributed by atoms with Gasteiger partial charge in [0, 0.05) is 30.9 Å². The summed E-state index contributed by atoms with van der Waals surface area (Å²) in [7, 11) is 0. The molecule has 1 fully saturated rings. The summed E-state index contributed by atoms with van der Waals surface area (Å²) in [5.41, 5.74) is 1.43. The number of carbonyl (C=O) groups is 1. The molecular formula is C11H18N4O. The van der Waals surface area contributed by atoms with Crippen LogP contribution in [0.1, 0.15) is 30.0 Å². The number of nitrogens with zero attached hydrogens (tertiary/aromatic N) is 2. The number of aromatic nitrogens is 2. The van der Waals surface area contributed by atoms with Crippen molar-refractivity contribution in [2.45, 2.75) is 32.9 Å². The highest BCUT2D eigenvalue weighted by Crippen LogP contribution is 2.12. The summed E-state index contributed by atoms with van der Waals surface area (Å²) in [6.45, 7) is 7.65. The van der Waals surface area contributed by atoms with Gasteiger partial charge in [0.1, 0.15) is 5.69 Å². The molecule has 2 unspecified atom stereocenters. The van der Waals surface area contributed by atoms with Gasteiger partial charge >= 0.3 is 0 Å². The van der Waals surface area contributed by atoms with Crippen LogP contribution in [0.2, 0.25) is 0 Å². The van der Waals surface area contributed by atoms with Gasteiger partial charge in [-0.05, 0) is 26.8 Å². The van der Waals surface area contributed by atoms with E-state index in [-0.39, 0.29) is 11.9 Å². The smallest absolute Gasteiger partial charge is 0.274 e. The number of hydrogen-bond donors (Lipinski definition) is 2. The van der Waals surface area contributed by atoms with Gasteiger partial charge in [-0.1, -0.05) is 0 Å². The Labute approximate surface area is 95.2 Å². The van der Waals surface area contributed by atoms with Gasteiger partial charge in [0.25, 0.3) is 5.91 Å². The Morgan fingerprint density at radius 1 is 1.56 bits per heavy atom. The van der Waals surface area contributed by atoms with Crippen LogP contribution >= 0.6 is 0 Å². The maximum Gasteiger partial charge on any atom is 0.274 e. The second-order valence-electron chi connectivity index (χ2n) is 4.42. The van der Waals surface area contributed by atoms with E-state index in [4.69, 9.17) is 0 Å². The third-order valence-corrected chi connectivity index (χ3v) is 3.22. The second-order valence-corrected chi connectivity index (χ2v) is 4.42. The van der Waals surface area contributed by atoms with Crippen LogP contribution in [0.15, 0.2) is 6.07 Å². The average molecular weight is 222 g/mol. The minimum atomic E-state index is 0.0187. The summed E-state index contributed by atoms with van der Waals surface area (Å²) >= 11 is 0. The maximum absolute atomic E-state index is 12.2. The molecular weight excluding hydrogens is 204 g/mol. The summed E-state index contributed by atoms with van der Waals surface area (Å²) < 4.78 is 0. The number of hydrogen-bond acceptors (Lipinski definition) is 3. The van der Waals surface area contributed by atoms with Crippen LogP contribution in [0, 0.1) is 6.92 Å². The molecule has 2 heterocycles. The summed E-state index contributed by atoms with van der Waals surface area (Å²) in [5, 5.41) is 10.2. The van der Waals surface area contributed by atoms with E-state index in [1.54, 1.807) is 6.07 Å². The molecule has 2 rings (SSSR count). The Hall–Kier alpha value is -1.36. The molecule has 1 amide bonds. The van der Waals surface area contributed by atoms with E-state index in [9.17, 15) is 4.79 Å². The molecule has 0 saturated carbocycles. The zero-order valence-electron chi connectivity index (χ0n) is 9.95. The van der Waals surface area contributed by atoms with Crippen molar-refractivity contribution in [1.29, 1.82) is 0 Å². The molecule has 1 aliphatic rings. The van der Waals surface area contributed by atoms with E-state index >= 15 is 0 Å². The van der Waals surface area contributed by atoms with Crippen LogP contribution in [-0.2, 0) is 0 Å². The highest BCUT2D eigenvalue weighted by atomic mass is 16.2. The molecule has 1 aromatic heterocycles. The molecule has 88 valence electrons. The van der Waals surface area contributed by atoms with Gasteiger partial charge in [0.2, 0.25) is 0 Å². The number of H-pyrrole nitrogens is 1. The fourth-order valence-corrected chi connectivity index (χ4v) is 2.02. The summed E-state index contributed by atoms with van der Waals surface area (Å²) in [6.07, 6.45) is 0. The van der Waals surface area contributed by atoms with Gasteiger partial charge in [-0.3, -0.25) is 9.89 Å². The molecule has 0 radical (unpaired) electrons. The molecule has 0 bridgehead atoms. The van der Waals surface area contributed by atoms with Crippen molar-refractivity contribution in [2.24, 2.45) is 0 Å². The highest BCUT2D eigenvalue weighted by Gasteiger charge is 2.29. The molecule has 16 heavy (non-hydrogen) atoms. The molecule has 1 aliphatic heterocycles. The normalized spacial score (nSPS) is 25.8. The number of carbonyl (C=O) groups excluding carboxylic acids is 1. The zero-order valence-corrected chi connectivity index (χ0v) is 9.95. The predicted molar refractivity (Wildman–Crippen MR) is 61.3 cm³/mol. The molecule has 2 atom stereocenters. The molecule has 0 aliphatic carbocycles. The predicted octanol–water partition coefficient (Wildman–Crippen LogP) is 0.541. The SMILES string of the molecule is Cc1cc(C(=O)N2CCNC(C)C2C)n[nH]1. The Morgan fingerprint density at radius 3 is 2.94 bits per heavy atom. The standard InChI is InChI=1S/C11H18N4O/c1-7-6-10(14-13-7)11(16)15-5-4-12-8(2)9(15)3/h6,8-9,12H,4-5H2,1-3H3,(H,13,14). The highest BCUT2D eigenvalue weighted by molar-refractivity contribution is 5.92. The van der Waals surface area contributed by atoms with Crippen LogP contribution in [0.5, 0.6) is 0 Å². The van der Waals surface area contributed by atoms with Gasteiger partial charge < -0.3 is 10.2 Å². The van der Waals surface area contributed by atoms with E-state index in [2.05, 4.69) is 29.4 Å². The summed E-state index contributed by atoms with van der Waals surface area (Å²) in [4.78, 5) is 14.1. The monoisotopic (exact) mass is 222 g/mol. The van der Waals surface area contributed by atoms with E-state index in [1.807, 2.05) is 11.8 Å². The molecule has 5 nitrogen and oxygen atoms in total. The second kappa shape index (κ2) is 4.25. The van der Waals surface area contributed by atoms with Gasteiger partial charge in [-0.25, -0.2) is 0 Å². The van der Waals surface area contributed by atoms with Gasteiger partial charge in [0.05, 0.1) is 0 Å². The Bertz CT molecular complexity index is 387. The van der Waals surface area contributed by atoms with Crippen molar-refractivity contribution in [3.8, 4) is 0 Å². The first-order valence-corrected chi connectivity index (χ1v) is 5.66. The topological polar surface area (TPSA) is 61.0 Å². The maximum atomic E-state index is 12.2. The minimum absolute atomic E-state index is 0.0187. The molecule has 1 aromatic rings. The quantitative estimate of drug-likeness (QED) is 0.729. The molecule has 2 N–H and O–H groups in total. The largest absolute Gasteiger partial charge is 0.332 e. The van der Waals surface area contributed by atoms with Crippen LogP contribution in [-0.4, -0.2) is 46.2 Å². The van der Waals surface area contributed by atoms with Crippen LogP contribution in [0.25, 0.3) is 0 Å². The Balaban J connectivity index is 2.15. The van der Waals surface area contributed by atoms with Gasteiger partial charge in [0.15, 0.2) is 0 Å². The first kappa shape index (κ1) is 11.1. The lowest BCUT2D eigenvalue weighted by atomic mass is 10.1. The van der Waals surface area contributed by atoms with Crippen LogP contribution in [0.3, 0.4) is 0 Å². The van der Waals surface area contributed by atoms with Crippen molar-refractivity contribution >= 4 is 5.91 Å². The van der Waals surface area contributed by atoms with Crippen molar-refractivity contribution in [1.82, 2.24) is 20.4 Å². The third kappa shape index (κ3) is 1.95. The lowest BCUT2D eigenvalue weighted by Crippen LogP contribution is -2.57. The fourth-order valence-electron chi connectivity index (χ4n) is 2.02. The minimum Gasteiger partial charge on any atom is -0.332 e. The number of nitrogens with one attached hydrogen (secondary N) is 2. The van der Waals surface area contributed by atoms with Gasteiger partial charge in [-0.2, -0.15) is 5.10 Å². The van der Waals surface area contributed by atoms with Crippen LogP contribution in [0.4, 0.5) is 0 Å².